The van der Waals surface area contributed by atoms with Crippen LogP contribution in [0, 0.1) is 5.92 Å². The van der Waals surface area contributed by atoms with Crippen molar-refractivity contribution in [1.82, 2.24) is 0 Å². The number of ether oxygens (including phenoxy) is 2. The Hall–Kier alpha value is -1.32. The monoisotopic (exact) mass is 242 g/mol. The number of carbonyl (C=O) groups excluding carboxylic acids is 2. The smallest absolute Gasteiger partial charge is 0.324 e. The molecule has 0 atom stereocenters. The van der Waals surface area contributed by atoms with E-state index in [1.165, 1.54) is 0 Å². The zero-order valence-electron chi connectivity index (χ0n) is 11.1. The molecule has 0 fully saturated rings. The van der Waals surface area contributed by atoms with E-state index in [1.807, 2.05) is 13.8 Å². The summed E-state index contributed by atoms with van der Waals surface area (Å²) in [5.41, 5.74) is 1.05. The molecule has 17 heavy (non-hydrogen) atoms. The topological polar surface area (TPSA) is 52.6 Å². The van der Waals surface area contributed by atoms with E-state index in [1.54, 1.807) is 19.9 Å². The molecule has 0 amide bonds. The number of hydrogen-bond donors (Lipinski definition) is 0. The Morgan fingerprint density at radius 1 is 0.941 bits per heavy atom. The van der Waals surface area contributed by atoms with Gasteiger partial charge in [0.05, 0.1) is 13.2 Å². The van der Waals surface area contributed by atoms with Crippen molar-refractivity contribution in [2.75, 3.05) is 13.2 Å². The normalized spacial score (nSPS) is 9.94. The number of esters is 2. The highest BCUT2D eigenvalue weighted by atomic mass is 16.6. The van der Waals surface area contributed by atoms with Crippen LogP contribution >= 0.6 is 0 Å². The van der Waals surface area contributed by atoms with Crippen LogP contribution in [-0.4, -0.2) is 25.2 Å². The quantitative estimate of drug-likeness (QED) is 0.391. The molecule has 0 bridgehead atoms. The molecule has 0 aliphatic heterocycles. The van der Waals surface area contributed by atoms with Crippen LogP contribution in [0.3, 0.4) is 0 Å². The van der Waals surface area contributed by atoms with Gasteiger partial charge in [0.15, 0.2) is 5.92 Å². The molecule has 0 aliphatic carbocycles. The molecule has 4 nitrogen and oxygen atoms in total. The van der Waals surface area contributed by atoms with Gasteiger partial charge in [-0.05, 0) is 26.7 Å². The van der Waals surface area contributed by atoms with Crippen molar-refractivity contribution in [3.8, 4) is 0 Å². The standard InChI is InChI=1S/C13H22O4/c1-5-10(6-2)9-11(12(14)16-7-3)13(15)17-8-4/h9,11H,5-8H2,1-4H3. The van der Waals surface area contributed by atoms with Crippen LogP contribution in [0.5, 0.6) is 0 Å². The van der Waals surface area contributed by atoms with Crippen LogP contribution in [0.15, 0.2) is 11.6 Å². The molecule has 98 valence electrons. The van der Waals surface area contributed by atoms with Gasteiger partial charge in [0, 0.05) is 0 Å². The summed E-state index contributed by atoms with van der Waals surface area (Å²) in [4.78, 5) is 23.3. The summed E-state index contributed by atoms with van der Waals surface area (Å²) >= 11 is 0. The Bertz CT molecular complexity index is 257. The molecule has 0 rings (SSSR count). The van der Waals surface area contributed by atoms with Gasteiger partial charge < -0.3 is 9.47 Å². The van der Waals surface area contributed by atoms with Gasteiger partial charge in [0.25, 0.3) is 0 Å². The molecule has 0 aromatic carbocycles. The van der Waals surface area contributed by atoms with Gasteiger partial charge in [-0.25, -0.2) is 0 Å². The molecule has 0 unspecified atom stereocenters. The summed E-state index contributed by atoms with van der Waals surface area (Å²) in [6.45, 7) is 7.92. The second-order valence-corrected chi connectivity index (χ2v) is 3.51. The number of hydrogen-bond acceptors (Lipinski definition) is 4. The third kappa shape index (κ3) is 5.52. The molecule has 0 saturated carbocycles. The number of allylic oxidation sites excluding steroid dienone is 1. The SMILES string of the molecule is CCOC(=O)C(C=C(CC)CC)C(=O)OCC. The molecule has 0 aromatic heterocycles. The van der Waals surface area contributed by atoms with Crippen molar-refractivity contribution < 1.29 is 19.1 Å². The average Bonchev–Trinajstić information content (AvgIpc) is 2.31. The van der Waals surface area contributed by atoms with Gasteiger partial charge in [0.2, 0.25) is 0 Å². The summed E-state index contributed by atoms with van der Waals surface area (Å²) in [5, 5.41) is 0. The molecule has 0 N–H and O–H groups in total. The van der Waals surface area contributed by atoms with Gasteiger partial charge in [-0.2, -0.15) is 0 Å². The van der Waals surface area contributed by atoms with Crippen molar-refractivity contribution in [1.29, 1.82) is 0 Å². The third-order valence-electron chi connectivity index (χ3n) is 2.39. The maximum absolute atomic E-state index is 11.7. The Balaban J connectivity index is 4.90. The highest BCUT2D eigenvalue weighted by molar-refractivity contribution is 5.97. The van der Waals surface area contributed by atoms with E-state index in [-0.39, 0.29) is 13.2 Å². The van der Waals surface area contributed by atoms with E-state index >= 15 is 0 Å². The van der Waals surface area contributed by atoms with Gasteiger partial charge in [-0.1, -0.05) is 25.5 Å². The minimum Gasteiger partial charge on any atom is -0.465 e. The lowest BCUT2D eigenvalue weighted by Crippen LogP contribution is -2.26. The van der Waals surface area contributed by atoms with Crippen LogP contribution in [-0.2, 0) is 19.1 Å². The average molecular weight is 242 g/mol. The minimum atomic E-state index is -0.926. The maximum Gasteiger partial charge on any atom is 0.324 e. The first-order chi connectivity index (χ1) is 8.10. The molecule has 4 heteroatoms. The predicted molar refractivity (Wildman–Crippen MR) is 65.4 cm³/mol. The molecule has 0 radical (unpaired) electrons. The number of carbonyl (C=O) groups is 2. The van der Waals surface area contributed by atoms with Gasteiger partial charge in [0.1, 0.15) is 0 Å². The lowest BCUT2D eigenvalue weighted by molar-refractivity contribution is -0.158. The van der Waals surface area contributed by atoms with Crippen LogP contribution < -0.4 is 0 Å². The zero-order valence-corrected chi connectivity index (χ0v) is 11.1. The second-order valence-electron chi connectivity index (χ2n) is 3.51. The van der Waals surface area contributed by atoms with Crippen LogP contribution in [0.1, 0.15) is 40.5 Å². The summed E-state index contributed by atoms with van der Waals surface area (Å²) in [5.74, 6) is -2.00. The third-order valence-corrected chi connectivity index (χ3v) is 2.39. The van der Waals surface area contributed by atoms with Crippen molar-refractivity contribution in [2.45, 2.75) is 40.5 Å². The highest BCUT2D eigenvalue weighted by Crippen LogP contribution is 2.14. The van der Waals surface area contributed by atoms with E-state index in [4.69, 9.17) is 9.47 Å². The molecule has 0 saturated heterocycles. The molecular formula is C13H22O4. The Morgan fingerprint density at radius 2 is 1.35 bits per heavy atom. The molecule has 0 spiro atoms. The van der Waals surface area contributed by atoms with Crippen LogP contribution in [0.2, 0.25) is 0 Å². The Labute approximate surface area is 103 Å². The fourth-order valence-electron chi connectivity index (χ4n) is 1.42. The fraction of sp³-hybridized carbons (Fsp3) is 0.692. The van der Waals surface area contributed by atoms with Crippen LogP contribution in [0.4, 0.5) is 0 Å². The van der Waals surface area contributed by atoms with E-state index < -0.39 is 17.9 Å². The van der Waals surface area contributed by atoms with Gasteiger partial charge in [-0.3, -0.25) is 9.59 Å². The molecular weight excluding hydrogens is 220 g/mol. The summed E-state index contributed by atoms with van der Waals surface area (Å²) in [6.07, 6.45) is 3.29. The van der Waals surface area contributed by atoms with Crippen molar-refractivity contribution in [3.05, 3.63) is 11.6 Å². The van der Waals surface area contributed by atoms with E-state index in [9.17, 15) is 9.59 Å². The van der Waals surface area contributed by atoms with E-state index in [2.05, 4.69) is 0 Å². The Kier molecular flexibility index (Phi) is 8.11. The van der Waals surface area contributed by atoms with Gasteiger partial charge >= 0.3 is 11.9 Å². The van der Waals surface area contributed by atoms with Gasteiger partial charge in [-0.15, -0.1) is 0 Å². The zero-order chi connectivity index (χ0) is 13.3. The van der Waals surface area contributed by atoms with E-state index in [0.717, 1.165) is 18.4 Å². The van der Waals surface area contributed by atoms with E-state index in [0.29, 0.717) is 0 Å². The highest BCUT2D eigenvalue weighted by Gasteiger charge is 2.27. The first-order valence-corrected chi connectivity index (χ1v) is 6.13. The second kappa shape index (κ2) is 8.79. The lowest BCUT2D eigenvalue weighted by Gasteiger charge is -2.12. The summed E-state index contributed by atoms with van der Waals surface area (Å²) in [7, 11) is 0. The largest absolute Gasteiger partial charge is 0.465 e. The lowest BCUT2D eigenvalue weighted by atomic mass is 10.0. The predicted octanol–water partition coefficient (Wildman–Crippen LogP) is 2.48. The molecule has 0 aromatic rings. The van der Waals surface area contributed by atoms with Crippen molar-refractivity contribution in [3.63, 3.8) is 0 Å². The molecule has 0 heterocycles. The van der Waals surface area contributed by atoms with Crippen LogP contribution in [0.25, 0.3) is 0 Å². The molecule has 0 aliphatic rings. The fourth-order valence-corrected chi connectivity index (χ4v) is 1.42. The van der Waals surface area contributed by atoms with Crippen molar-refractivity contribution in [2.24, 2.45) is 5.92 Å². The number of rotatable bonds is 7. The summed E-state index contributed by atoms with van der Waals surface area (Å²) in [6, 6.07) is 0. The summed E-state index contributed by atoms with van der Waals surface area (Å²) < 4.78 is 9.75. The maximum atomic E-state index is 11.7. The first-order valence-electron chi connectivity index (χ1n) is 6.13. The first kappa shape index (κ1) is 15.7. The minimum absolute atomic E-state index is 0.260. The van der Waals surface area contributed by atoms with Crippen molar-refractivity contribution >= 4 is 11.9 Å². The Morgan fingerprint density at radius 3 is 1.65 bits per heavy atom.